The van der Waals surface area contributed by atoms with Crippen molar-refractivity contribution in [1.82, 2.24) is 0 Å². The van der Waals surface area contributed by atoms with Gasteiger partial charge in [0.2, 0.25) is 0 Å². The van der Waals surface area contributed by atoms with Crippen molar-refractivity contribution < 1.29 is 47.6 Å². The van der Waals surface area contributed by atoms with Gasteiger partial charge in [-0.3, -0.25) is 19.2 Å². The van der Waals surface area contributed by atoms with Crippen molar-refractivity contribution in [2.45, 2.75) is 96.7 Å². The fraction of sp³-hybridized carbons (Fsp3) is 0.818. The van der Waals surface area contributed by atoms with Crippen LogP contribution in [-0.4, -0.2) is 68.8 Å². The maximum atomic E-state index is 11.5. The van der Waals surface area contributed by atoms with E-state index in [9.17, 15) is 19.2 Å². The van der Waals surface area contributed by atoms with E-state index in [1.807, 2.05) is 0 Å². The van der Waals surface area contributed by atoms with Gasteiger partial charge in [0.25, 0.3) is 0 Å². The summed E-state index contributed by atoms with van der Waals surface area (Å²) in [7, 11) is 1.39. The zero-order chi connectivity index (χ0) is 23.9. The first kappa shape index (κ1) is 27.8. The summed E-state index contributed by atoms with van der Waals surface area (Å²) in [5.74, 6) is -1.77. The summed E-state index contributed by atoms with van der Waals surface area (Å²) < 4.78 is 31.9. The standard InChI is InChI=1S/C22H36O10/c1-15(23)29-14-19-22(31-17(3)25)18(30-16(2)24)13-21(32-19)28-12-10-8-6-5-7-9-11-20(26)27-4/h18-19,21-22H,5-14H2,1-4H3/t18-,19+,21+,22+/m0/s1. The first-order valence-corrected chi connectivity index (χ1v) is 11.0. The molecule has 0 radical (unpaired) electrons. The number of hydrogen-bond donors (Lipinski definition) is 0. The van der Waals surface area contributed by atoms with Gasteiger partial charge < -0.3 is 28.4 Å². The molecule has 0 aromatic rings. The van der Waals surface area contributed by atoms with Crippen molar-refractivity contribution in [3.05, 3.63) is 0 Å². The second-order valence-electron chi connectivity index (χ2n) is 7.68. The van der Waals surface area contributed by atoms with E-state index in [-0.39, 0.29) is 19.0 Å². The minimum atomic E-state index is -0.902. The molecule has 0 spiro atoms. The second kappa shape index (κ2) is 15.6. The van der Waals surface area contributed by atoms with Crippen LogP contribution < -0.4 is 0 Å². The van der Waals surface area contributed by atoms with Gasteiger partial charge in [0.15, 0.2) is 12.4 Å². The highest BCUT2D eigenvalue weighted by Gasteiger charge is 2.44. The molecular weight excluding hydrogens is 424 g/mol. The van der Waals surface area contributed by atoms with Crippen molar-refractivity contribution in [2.24, 2.45) is 0 Å². The molecule has 184 valence electrons. The molecule has 0 bridgehead atoms. The van der Waals surface area contributed by atoms with Crippen LogP contribution in [-0.2, 0) is 47.6 Å². The lowest BCUT2D eigenvalue weighted by Gasteiger charge is -2.39. The van der Waals surface area contributed by atoms with Gasteiger partial charge in [-0.25, -0.2) is 0 Å². The topological polar surface area (TPSA) is 124 Å². The molecule has 1 aliphatic heterocycles. The molecule has 0 N–H and O–H groups in total. The van der Waals surface area contributed by atoms with Gasteiger partial charge in [-0.2, -0.15) is 0 Å². The third-order valence-electron chi connectivity index (χ3n) is 4.86. The molecule has 1 fully saturated rings. The maximum Gasteiger partial charge on any atom is 0.305 e. The molecule has 1 rings (SSSR count). The van der Waals surface area contributed by atoms with Crippen molar-refractivity contribution >= 4 is 23.9 Å². The lowest BCUT2D eigenvalue weighted by Crippen LogP contribution is -2.54. The molecule has 1 saturated heterocycles. The van der Waals surface area contributed by atoms with E-state index < -0.39 is 42.5 Å². The van der Waals surface area contributed by atoms with Crippen LogP contribution in [0.4, 0.5) is 0 Å². The van der Waals surface area contributed by atoms with Crippen LogP contribution in [0.3, 0.4) is 0 Å². The first-order chi connectivity index (χ1) is 15.2. The number of ether oxygens (including phenoxy) is 6. The summed E-state index contributed by atoms with van der Waals surface area (Å²) in [6.45, 7) is 4.05. The third kappa shape index (κ3) is 12.0. The molecule has 1 heterocycles. The van der Waals surface area contributed by atoms with Crippen LogP contribution in [0, 0.1) is 0 Å². The van der Waals surface area contributed by atoms with Crippen molar-refractivity contribution in [3.63, 3.8) is 0 Å². The molecule has 0 aliphatic carbocycles. The molecular formula is C22H36O10. The SMILES string of the molecule is COC(=O)CCCCCCCCO[C@H]1C[C@H](OC(C)=O)[C@@H](OC(C)=O)[C@@H](COC(C)=O)O1. The summed E-state index contributed by atoms with van der Waals surface area (Å²) in [4.78, 5) is 45.3. The fourth-order valence-electron chi connectivity index (χ4n) is 3.40. The van der Waals surface area contributed by atoms with E-state index >= 15 is 0 Å². The summed E-state index contributed by atoms with van der Waals surface area (Å²) in [5.41, 5.74) is 0. The Balaban J connectivity index is 2.46. The van der Waals surface area contributed by atoms with Crippen LogP contribution in [0.15, 0.2) is 0 Å². The van der Waals surface area contributed by atoms with Crippen LogP contribution in [0.1, 0.15) is 72.1 Å². The zero-order valence-corrected chi connectivity index (χ0v) is 19.5. The normalized spacial score (nSPS) is 22.6. The van der Waals surface area contributed by atoms with E-state index in [4.69, 9.17) is 23.7 Å². The molecule has 0 amide bonds. The Hall–Kier alpha value is -2.20. The first-order valence-electron chi connectivity index (χ1n) is 11.0. The van der Waals surface area contributed by atoms with Gasteiger partial charge in [0, 0.05) is 40.2 Å². The highest BCUT2D eigenvalue weighted by atomic mass is 16.7. The average Bonchev–Trinajstić information content (AvgIpc) is 2.71. The van der Waals surface area contributed by atoms with Gasteiger partial charge in [0.05, 0.1) is 7.11 Å². The second-order valence-corrected chi connectivity index (χ2v) is 7.68. The minimum Gasteiger partial charge on any atom is -0.469 e. The smallest absolute Gasteiger partial charge is 0.305 e. The molecule has 0 unspecified atom stereocenters. The van der Waals surface area contributed by atoms with Crippen molar-refractivity contribution in [3.8, 4) is 0 Å². The van der Waals surface area contributed by atoms with E-state index in [0.717, 1.165) is 38.5 Å². The maximum absolute atomic E-state index is 11.5. The minimum absolute atomic E-state index is 0.156. The van der Waals surface area contributed by atoms with Gasteiger partial charge in [-0.15, -0.1) is 0 Å². The summed E-state index contributed by atoms with van der Waals surface area (Å²) in [6, 6.07) is 0. The van der Waals surface area contributed by atoms with Crippen LogP contribution in [0.25, 0.3) is 0 Å². The molecule has 4 atom stereocenters. The Labute approximate surface area is 189 Å². The number of carbonyl (C=O) groups is 4. The van der Waals surface area contributed by atoms with Crippen molar-refractivity contribution in [2.75, 3.05) is 20.3 Å². The van der Waals surface area contributed by atoms with E-state index in [2.05, 4.69) is 4.74 Å². The summed E-state index contributed by atoms with van der Waals surface area (Å²) >= 11 is 0. The molecule has 0 saturated carbocycles. The highest BCUT2D eigenvalue weighted by Crippen LogP contribution is 2.27. The number of carbonyl (C=O) groups excluding carboxylic acids is 4. The van der Waals surface area contributed by atoms with Crippen LogP contribution in [0.2, 0.25) is 0 Å². The predicted molar refractivity (Wildman–Crippen MR) is 111 cm³/mol. The van der Waals surface area contributed by atoms with Crippen molar-refractivity contribution in [1.29, 1.82) is 0 Å². The van der Waals surface area contributed by atoms with Gasteiger partial charge in [-0.05, 0) is 12.8 Å². The Kier molecular flexibility index (Phi) is 13.5. The molecule has 0 aromatic heterocycles. The van der Waals surface area contributed by atoms with Gasteiger partial charge in [-0.1, -0.05) is 25.7 Å². The summed E-state index contributed by atoms with van der Waals surface area (Å²) in [6.07, 6.45) is 3.09. The summed E-state index contributed by atoms with van der Waals surface area (Å²) in [5, 5.41) is 0. The van der Waals surface area contributed by atoms with Gasteiger partial charge >= 0.3 is 23.9 Å². The van der Waals surface area contributed by atoms with E-state index in [1.165, 1.54) is 27.9 Å². The Morgan fingerprint density at radius 3 is 2.06 bits per heavy atom. The van der Waals surface area contributed by atoms with Crippen LogP contribution in [0.5, 0.6) is 0 Å². The van der Waals surface area contributed by atoms with Gasteiger partial charge in [0.1, 0.15) is 18.8 Å². The largest absolute Gasteiger partial charge is 0.469 e. The lowest BCUT2D eigenvalue weighted by atomic mass is 10.0. The fourth-order valence-corrected chi connectivity index (χ4v) is 3.40. The zero-order valence-electron chi connectivity index (χ0n) is 19.5. The monoisotopic (exact) mass is 460 g/mol. The molecule has 10 heteroatoms. The number of unbranched alkanes of at least 4 members (excludes halogenated alkanes) is 5. The average molecular weight is 461 g/mol. The quantitative estimate of drug-likeness (QED) is 0.217. The highest BCUT2D eigenvalue weighted by molar-refractivity contribution is 5.69. The van der Waals surface area contributed by atoms with E-state index in [1.54, 1.807) is 0 Å². The number of hydrogen-bond acceptors (Lipinski definition) is 10. The number of esters is 4. The Morgan fingerprint density at radius 2 is 1.47 bits per heavy atom. The third-order valence-corrected chi connectivity index (χ3v) is 4.86. The number of methoxy groups -OCH3 is 1. The molecule has 10 nitrogen and oxygen atoms in total. The predicted octanol–water partition coefficient (Wildman–Crippen LogP) is 2.45. The number of rotatable bonds is 14. The van der Waals surface area contributed by atoms with E-state index in [0.29, 0.717) is 13.0 Å². The Morgan fingerprint density at radius 1 is 0.844 bits per heavy atom. The van der Waals surface area contributed by atoms with Crippen LogP contribution >= 0.6 is 0 Å². The molecule has 32 heavy (non-hydrogen) atoms. The molecule has 0 aromatic carbocycles. The molecule has 1 aliphatic rings. The lowest BCUT2D eigenvalue weighted by molar-refractivity contribution is -0.266. The Bertz CT molecular complexity index is 606.